The summed E-state index contributed by atoms with van der Waals surface area (Å²) in [6, 6.07) is 5.80. The Bertz CT molecular complexity index is 1200. The molecule has 1 heterocycles. The number of fused-ring (bicyclic) bond motifs is 1. The molecule has 0 radical (unpaired) electrons. The van der Waals surface area contributed by atoms with E-state index < -0.39 is 11.7 Å². The lowest BCUT2D eigenvalue weighted by atomic mass is 9.75. The predicted octanol–water partition coefficient (Wildman–Crippen LogP) is 21.8. The summed E-state index contributed by atoms with van der Waals surface area (Å²) in [6.45, 7) is 24.5. The minimum atomic E-state index is -1.31. The van der Waals surface area contributed by atoms with Crippen molar-refractivity contribution in [2.24, 2.45) is 5.92 Å². The number of rotatable bonds is 6. The Labute approximate surface area is 292 Å². The summed E-state index contributed by atoms with van der Waals surface area (Å²) in [6.07, 6.45) is -0.654. The van der Waals surface area contributed by atoms with Gasteiger partial charge in [-0.25, -0.2) is 9.24 Å². The topological polar surface area (TPSA) is 16.8 Å². The van der Waals surface area contributed by atoms with Gasteiger partial charge in [-0.3, -0.25) is 0 Å². The van der Waals surface area contributed by atoms with Crippen LogP contribution in [0.5, 0.6) is 0 Å². The van der Waals surface area contributed by atoms with Crippen molar-refractivity contribution in [3.8, 4) is 0 Å². The van der Waals surface area contributed by atoms with E-state index in [9.17, 15) is 4.39 Å². The Morgan fingerprint density at radius 1 is 1.25 bits per heavy atom. The fourth-order valence-electron chi connectivity index (χ4n) is 5.23. The quantitative estimate of drug-likeness (QED) is 0.322. The highest BCUT2D eigenvalue weighted by Crippen LogP contribution is 2.54. The molecular weight excluding hydrogens is 399 g/mol. The second-order valence-electron chi connectivity index (χ2n) is 9.87. The molecular formula is C28H155FN2O. The second-order valence-corrected chi connectivity index (χ2v) is 9.87. The SMILES string of the molecule is [2H]C1(C)O[C@@](CC(C)CN(C)C(C)C)(c2ccc(F)c(C)c2C)c2cc(C)c([N+]#[C-])c(C)c21.[2H][2H].[2H][2H].[2H][2H].[2H][2H].[2H][2H].[2H][2H].[HH].[HH].[HH].[HH].[HH].[HH].[HH].[HH].[HH].[HH].[HH].[HH].[HH].[HH].[HH].[HH].[HH].[HH].[HH].[HH].[HH].[HH].[HH].[HH].[HH].[HH].[HH].[HH].[HH].[HH].[HH].[HH].[HH].[HH].[HH].[HH].[HH].[HH].[HH].[HH].[HH].[HH].[HH].[HH].[HH].[HH].[HH].[HH].[HH].[HH].[HH].[HH].[HH]. The fraction of sp³-hybridized carbons (Fsp3) is 0.536. The molecule has 0 fully saturated rings. The molecule has 3 nitrogen and oxygen atoms in total. The van der Waals surface area contributed by atoms with Crippen molar-refractivity contribution in [3.05, 3.63) is 74.4 Å². The molecule has 0 N–H and O–H groups in total. The molecule has 290 valence electrons. The van der Waals surface area contributed by atoms with Crippen molar-refractivity contribution in [3.63, 3.8) is 0 Å². The third-order valence-electron chi connectivity index (χ3n) is 7.23. The van der Waals surface area contributed by atoms with Crippen molar-refractivity contribution in [1.82, 2.24) is 4.90 Å². The molecule has 32 heavy (non-hydrogen) atoms. The van der Waals surface area contributed by atoms with Gasteiger partial charge in [0, 0.05) is 106 Å². The average molecular weight is 569 g/mol. The number of aryl methyl sites for hydroxylation is 1. The number of hydrogen-bond acceptors (Lipinski definition) is 2. The summed E-state index contributed by atoms with van der Waals surface area (Å²) in [5.41, 5.74) is 5.47. The Hall–Kier alpha value is -2.22. The van der Waals surface area contributed by atoms with Crippen molar-refractivity contribution < 1.29 is 104 Å². The summed E-state index contributed by atoms with van der Waals surface area (Å²) >= 11 is 0. The third-order valence-corrected chi connectivity index (χ3v) is 7.23. The second kappa shape index (κ2) is 8.96. The standard InChI is InChI=1S/C28H37FN2O.59H2/c1-16(2)31(10)15-17(3)14-28(23-11-12-25(29)20(6)19(23)5)24-13-18(4)27(30-9)21(7)26(24)22(8)32-28;;;;;;;;;;;;;;;;;;;;;;;;;;;;;;;;;;;;;;;;;;;;;;;;;;;;;;;;;;;/h11-13,16-17,22H,14-15H2,1-8,10H3;59*1H/t17?,22?,28-;;;;;;;;;;;;;;;;;;;;;;;;;;;;;;;;;;;;;;;;;;;;;;;;;;;;;;;;;;;/m0.........................................................../s1/i22D;6*1+1D;;;;;;;;;;;;;;;;;;;;;;;;;;;;;;;;;;;;;;;;;;;;;;;;;;;;;. The minimum absolute atomic E-state index is 0. The zero-order valence-electron chi connectivity index (χ0n) is 34.0. The average Bonchev–Trinajstić information content (AvgIpc) is 3.27. The molecule has 2 aromatic rings. The molecule has 4 heteroatoms. The maximum absolute atomic E-state index is 14.5. The number of ether oxygens (including phenoxy) is 1. The normalized spacial score (nSPS) is 25.4. The van der Waals surface area contributed by atoms with Crippen LogP contribution >= 0.6 is 0 Å². The Balaban J connectivity index is -0.00000000448. The summed E-state index contributed by atoms with van der Waals surface area (Å²) < 4.78 is 90.4. The molecule has 1 aliphatic heterocycles. The maximum atomic E-state index is 14.5. The van der Waals surface area contributed by atoms with Crippen LogP contribution in [-0.4, -0.2) is 24.5 Å². The number of hydrogen-bond donors (Lipinski definition) is 0. The molecule has 3 atom stereocenters. The van der Waals surface area contributed by atoms with Crippen LogP contribution in [0.2, 0.25) is 0 Å². The van der Waals surface area contributed by atoms with Gasteiger partial charge in [0.15, 0.2) is 5.69 Å². The first-order chi connectivity index (χ1) is 21.3. The van der Waals surface area contributed by atoms with Gasteiger partial charge in [0.1, 0.15) is 11.4 Å². The number of halogens is 1. The molecule has 0 bridgehead atoms. The highest BCUT2D eigenvalue weighted by molar-refractivity contribution is 5.66. The lowest BCUT2D eigenvalue weighted by molar-refractivity contribution is -0.0568. The molecule has 0 saturated heterocycles. The molecule has 0 saturated carbocycles. The summed E-state index contributed by atoms with van der Waals surface area (Å²) in [5, 5.41) is 0. The van der Waals surface area contributed by atoms with Crippen LogP contribution in [0.4, 0.5) is 10.1 Å². The zero-order chi connectivity index (χ0) is 36.9. The van der Waals surface area contributed by atoms with Crippen LogP contribution in [-0.2, 0) is 10.3 Å². The maximum Gasteiger partial charge on any atom is 0.193 e. The number of benzene rings is 2. The minimum Gasteiger partial charge on any atom is -0.358 e. The van der Waals surface area contributed by atoms with Crippen molar-refractivity contribution in [2.75, 3.05) is 13.6 Å². The fourth-order valence-corrected chi connectivity index (χ4v) is 5.23. The molecule has 2 aromatic carbocycles. The van der Waals surface area contributed by atoms with E-state index in [1.54, 1.807) is 13.8 Å². The summed E-state index contributed by atoms with van der Waals surface area (Å²) in [5.74, 6) is 0.0200. The van der Waals surface area contributed by atoms with Gasteiger partial charge in [-0.1, -0.05) is 19.1 Å². The van der Waals surface area contributed by atoms with Gasteiger partial charge in [-0.2, -0.15) is 0 Å². The summed E-state index contributed by atoms with van der Waals surface area (Å²) in [7, 11) is 2.12. The predicted molar refractivity (Wildman–Crippen MR) is 255 cm³/mol. The van der Waals surface area contributed by atoms with E-state index in [1.807, 2.05) is 32.9 Å². The highest BCUT2D eigenvalue weighted by atomic mass is 19.1. The lowest BCUT2D eigenvalue weighted by Gasteiger charge is -2.37. The van der Waals surface area contributed by atoms with E-state index in [0.717, 1.165) is 39.9 Å². The Morgan fingerprint density at radius 3 is 2.50 bits per heavy atom. The van der Waals surface area contributed by atoms with E-state index in [4.69, 9.17) is 30.5 Å². The van der Waals surface area contributed by atoms with Crippen molar-refractivity contribution in [2.45, 2.75) is 79.5 Å². The first-order valence-electron chi connectivity index (χ1n) is 18.0. The zero-order valence-corrected chi connectivity index (χ0v) is 21.0. The molecule has 1 aliphatic rings. The van der Waals surface area contributed by atoms with E-state index in [1.165, 1.54) is 6.07 Å². The highest BCUT2D eigenvalue weighted by Gasteiger charge is 2.48. The Morgan fingerprint density at radius 2 is 1.91 bits per heavy atom. The van der Waals surface area contributed by atoms with Crippen LogP contribution in [0, 0.1) is 46.0 Å². The van der Waals surface area contributed by atoms with Crippen LogP contribution in [0.25, 0.3) is 4.85 Å². The molecule has 0 aromatic heterocycles. The van der Waals surface area contributed by atoms with E-state index in [2.05, 4.69) is 37.6 Å². The van der Waals surface area contributed by atoms with E-state index in [0.29, 0.717) is 23.7 Å². The van der Waals surface area contributed by atoms with Gasteiger partial charge in [0.05, 0.1) is 14.0 Å². The van der Waals surface area contributed by atoms with Crippen molar-refractivity contribution >= 4 is 5.69 Å². The molecule has 0 amide bonds. The van der Waals surface area contributed by atoms with Gasteiger partial charge < -0.3 is 9.64 Å². The Kier molecular flexibility index (Phi) is 4.59. The first-order valence-corrected chi connectivity index (χ1v) is 11.5. The van der Waals surface area contributed by atoms with Crippen LogP contribution in [0.15, 0.2) is 18.2 Å². The van der Waals surface area contributed by atoms with E-state index >= 15 is 0 Å². The van der Waals surface area contributed by atoms with Gasteiger partial charge in [-0.15, -0.1) is 0 Å². The monoisotopic (exact) mass is 568 g/mol. The van der Waals surface area contributed by atoms with Crippen LogP contribution < -0.4 is 0 Å². The molecule has 0 spiro atoms. The summed E-state index contributed by atoms with van der Waals surface area (Å²) in [4.78, 5) is 6.07. The third kappa shape index (κ3) is 3.98. The van der Waals surface area contributed by atoms with Crippen LogP contribution in [0.1, 0.15) is 174 Å². The molecule has 3 rings (SSSR count). The van der Waals surface area contributed by atoms with Gasteiger partial charge in [0.25, 0.3) is 0 Å². The smallest absolute Gasteiger partial charge is 0.193 e. The lowest BCUT2D eigenvalue weighted by Crippen LogP contribution is -2.36. The van der Waals surface area contributed by atoms with Crippen molar-refractivity contribution in [1.29, 1.82) is 0 Å². The molecule has 2 unspecified atom stereocenters. The van der Waals surface area contributed by atoms with Gasteiger partial charge in [-0.05, 0) is 113 Å². The first kappa shape index (κ1) is 16.4. The van der Waals surface area contributed by atoms with E-state index in [-0.39, 0.29) is 87.3 Å². The van der Waals surface area contributed by atoms with Gasteiger partial charge >= 0.3 is 0 Å². The largest absolute Gasteiger partial charge is 0.358 e. The van der Waals surface area contributed by atoms with Crippen LogP contribution in [0.3, 0.4) is 0 Å². The van der Waals surface area contributed by atoms with Gasteiger partial charge in [0.2, 0.25) is 0 Å². The molecule has 0 aliphatic carbocycles. The number of nitrogens with zero attached hydrogens (tertiary/aromatic N) is 2.